The van der Waals surface area contributed by atoms with Crippen LogP contribution >= 0.6 is 0 Å². The molecule has 3 saturated carbocycles. The minimum Gasteiger partial charge on any atom is -0.454 e. The van der Waals surface area contributed by atoms with Crippen LogP contribution in [0.1, 0.15) is 71.4 Å². The largest absolute Gasteiger partial charge is 0.454 e. The Morgan fingerprint density at radius 1 is 0.667 bits per heavy atom. The average molecular weight is 407 g/mol. The Balaban J connectivity index is 1.60. The Bertz CT molecular complexity index is 855. The molecule has 0 heterocycles. The van der Waals surface area contributed by atoms with Gasteiger partial charge in [0, 0.05) is 10.8 Å². The van der Waals surface area contributed by atoms with E-state index in [9.17, 15) is 9.59 Å². The van der Waals surface area contributed by atoms with Gasteiger partial charge in [-0.1, -0.05) is 49.2 Å². The number of carbonyl (C=O) groups excluding carboxylic acids is 2. The summed E-state index contributed by atoms with van der Waals surface area (Å²) < 4.78 is 12.1. The zero-order valence-corrected chi connectivity index (χ0v) is 18.2. The molecule has 2 atom stereocenters. The normalized spacial score (nSPS) is 30.0. The number of carbonyl (C=O) groups is 2. The van der Waals surface area contributed by atoms with E-state index >= 15 is 0 Å². The standard InChI is InChI=1S/C26H30O4/c1-17-5-9-19(10-6-17)23(27)29-21-22(26(4)15-13-25(21,3)14-16-26)30-24(28)20-11-7-18(2)8-12-20/h5-12,21-22H,13-16H2,1-4H3. The molecular formula is C26H30O4. The molecule has 3 aliphatic carbocycles. The number of benzene rings is 2. The van der Waals surface area contributed by atoms with Crippen molar-refractivity contribution < 1.29 is 19.1 Å². The molecule has 2 aromatic rings. The van der Waals surface area contributed by atoms with Crippen molar-refractivity contribution in [3.8, 4) is 0 Å². The van der Waals surface area contributed by atoms with Gasteiger partial charge in [-0.2, -0.15) is 0 Å². The average Bonchev–Trinajstić information content (AvgIpc) is 2.72. The first-order valence-corrected chi connectivity index (χ1v) is 10.8. The fourth-order valence-corrected chi connectivity index (χ4v) is 4.85. The third-order valence-corrected chi connectivity index (χ3v) is 7.23. The van der Waals surface area contributed by atoms with Gasteiger partial charge in [-0.05, 0) is 63.8 Å². The molecule has 3 aliphatic rings. The van der Waals surface area contributed by atoms with Gasteiger partial charge < -0.3 is 9.47 Å². The van der Waals surface area contributed by atoms with Gasteiger partial charge in [0.15, 0.2) is 0 Å². The van der Waals surface area contributed by atoms with Crippen molar-refractivity contribution in [1.82, 2.24) is 0 Å². The minimum absolute atomic E-state index is 0.184. The SMILES string of the molecule is Cc1ccc(C(=O)OC2C(OC(=O)c3ccc(C)cc3)C3(C)CCC2(C)CC3)cc1. The molecule has 0 amide bonds. The van der Waals surface area contributed by atoms with Gasteiger partial charge >= 0.3 is 11.9 Å². The highest BCUT2D eigenvalue weighted by atomic mass is 16.6. The van der Waals surface area contributed by atoms with Crippen LogP contribution in [0.15, 0.2) is 48.5 Å². The van der Waals surface area contributed by atoms with Crippen LogP contribution < -0.4 is 0 Å². The molecule has 0 saturated heterocycles. The van der Waals surface area contributed by atoms with E-state index < -0.39 is 12.2 Å². The van der Waals surface area contributed by atoms with Crippen molar-refractivity contribution in [2.45, 2.75) is 65.6 Å². The number of hydrogen-bond acceptors (Lipinski definition) is 4. The van der Waals surface area contributed by atoms with Gasteiger partial charge in [0.05, 0.1) is 11.1 Å². The van der Waals surface area contributed by atoms with E-state index in [-0.39, 0.29) is 22.8 Å². The second-order valence-corrected chi connectivity index (χ2v) is 9.69. The molecule has 0 radical (unpaired) electrons. The van der Waals surface area contributed by atoms with E-state index in [4.69, 9.17) is 9.47 Å². The van der Waals surface area contributed by atoms with E-state index in [2.05, 4.69) is 13.8 Å². The van der Waals surface area contributed by atoms with Gasteiger partial charge in [0.1, 0.15) is 12.2 Å². The Morgan fingerprint density at radius 2 is 0.967 bits per heavy atom. The van der Waals surface area contributed by atoms with Crippen molar-refractivity contribution in [1.29, 1.82) is 0 Å². The number of rotatable bonds is 4. The summed E-state index contributed by atoms with van der Waals surface area (Å²) in [5, 5.41) is 0. The van der Waals surface area contributed by atoms with Crippen molar-refractivity contribution in [2.75, 3.05) is 0 Å². The molecule has 4 nitrogen and oxygen atoms in total. The van der Waals surface area contributed by atoms with E-state index in [0.29, 0.717) is 11.1 Å². The first kappa shape index (κ1) is 20.6. The summed E-state index contributed by atoms with van der Waals surface area (Å²) in [6, 6.07) is 14.8. The fraction of sp³-hybridized carbons (Fsp3) is 0.462. The predicted octanol–water partition coefficient (Wildman–Crippen LogP) is 5.65. The van der Waals surface area contributed by atoms with Crippen LogP contribution in [0.5, 0.6) is 0 Å². The van der Waals surface area contributed by atoms with E-state index in [1.54, 1.807) is 24.3 Å². The van der Waals surface area contributed by atoms with E-state index in [0.717, 1.165) is 36.8 Å². The molecule has 2 bridgehead atoms. The van der Waals surface area contributed by atoms with Gasteiger partial charge in [0.25, 0.3) is 0 Å². The first-order chi connectivity index (χ1) is 14.2. The number of esters is 2. The molecule has 3 fully saturated rings. The Hall–Kier alpha value is -2.62. The second kappa shape index (κ2) is 7.57. The summed E-state index contributed by atoms with van der Waals surface area (Å²) in [5.41, 5.74) is 2.87. The van der Waals surface area contributed by atoms with Gasteiger partial charge in [-0.3, -0.25) is 0 Å². The van der Waals surface area contributed by atoms with Crippen LogP contribution in [-0.4, -0.2) is 24.1 Å². The Kier molecular flexibility index (Phi) is 5.21. The zero-order chi connectivity index (χ0) is 21.5. The second-order valence-electron chi connectivity index (χ2n) is 9.69. The summed E-state index contributed by atoms with van der Waals surface area (Å²) in [4.78, 5) is 25.8. The van der Waals surface area contributed by atoms with Crippen molar-refractivity contribution in [3.05, 3.63) is 70.8 Å². The predicted molar refractivity (Wildman–Crippen MR) is 115 cm³/mol. The minimum atomic E-state index is -0.451. The van der Waals surface area contributed by atoms with Gasteiger partial charge in [-0.15, -0.1) is 0 Å². The molecule has 4 heteroatoms. The lowest BCUT2D eigenvalue weighted by Gasteiger charge is -2.58. The molecule has 2 unspecified atom stereocenters. The number of ether oxygens (including phenoxy) is 2. The lowest BCUT2D eigenvalue weighted by Crippen LogP contribution is -2.61. The maximum atomic E-state index is 12.9. The number of hydrogen-bond donors (Lipinski definition) is 0. The smallest absolute Gasteiger partial charge is 0.338 e. The van der Waals surface area contributed by atoms with E-state index in [1.807, 2.05) is 38.1 Å². The van der Waals surface area contributed by atoms with Crippen LogP contribution in [0, 0.1) is 24.7 Å². The molecule has 0 spiro atoms. The third kappa shape index (κ3) is 3.76. The summed E-state index contributed by atoms with van der Waals surface area (Å²) >= 11 is 0. The molecular weight excluding hydrogens is 376 g/mol. The molecule has 2 aromatic carbocycles. The Morgan fingerprint density at radius 3 is 1.27 bits per heavy atom. The molecule has 0 aliphatic heterocycles. The summed E-state index contributed by atoms with van der Waals surface area (Å²) in [5.74, 6) is -0.706. The van der Waals surface area contributed by atoms with E-state index in [1.165, 1.54) is 0 Å². The maximum absolute atomic E-state index is 12.9. The summed E-state index contributed by atoms with van der Waals surface area (Å²) in [7, 11) is 0. The summed E-state index contributed by atoms with van der Waals surface area (Å²) in [6.07, 6.45) is 2.96. The van der Waals surface area contributed by atoms with Crippen molar-refractivity contribution in [2.24, 2.45) is 10.8 Å². The lowest BCUT2D eigenvalue weighted by molar-refractivity contribution is -0.191. The van der Waals surface area contributed by atoms with Crippen LogP contribution in [0.2, 0.25) is 0 Å². The van der Waals surface area contributed by atoms with Crippen LogP contribution in [0.4, 0.5) is 0 Å². The first-order valence-electron chi connectivity index (χ1n) is 10.8. The molecule has 0 aromatic heterocycles. The molecule has 0 N–H and O–H groups in total. The Labute approximate surface area is 178 Å². The highest BCUT2D eigenvalue weighted by Crippen LogP contribution is 2.58. The zero-order valence-electron chi connectivity index (χ0n) is 18.2. The summed E-state index contributed by atoms with van der Waals surface area (Å²) in [6.45, 7) is 8.28. The fourth-order valence-electron chi connectivity index (χ4n) is 4.85. The van der Waals surface area contributed by atoms with Crippen molar-refractivity contribution in [3.63, 3.8) is 0 Å². The van der Waals surface area contributed by atoms with Crippen LogP contribution in [0.3, 0.4) is 0 Å². The lowest BCUT2D eigenvalue weighted by atomic mass is 9.52. The quantitative estimate of drug-likeness (QED) is 0.615. The highest BCUT2D eigenvalue weighted by molar-refractivity contribution is 5.90. The number of fused-ring (bicyclic) bond motifs is 3. The van der Waals surface area contributed by atoms with Crippen LogP contribution in [0.25, 0.3) is 0 Å². The van der Waals surface area contributed by atoms with Gasteiger partial charge in [0.2, 0.25) is 0 Å². The van der Waals surface area contributed by atoms with Crippen molar-refractivity contribution >= 4 is 11.9 Å². The van der Waals surface area contributed by atoms with Crippen LogP contribution in [-0.2, 0) is 9.47 Å². The molecule has 30 heavy (non-hydrogen) atoms. The van der Waals surface area contributed by atoms with Gasteiger partial charge in [-0.25, -0.2) is 9.59 Å². The third-order valence-electron chi connectivity index (χ3n) is 7.23. The number of aryl methyl sites for hydroxylation is 2. The molecule has 5 rings (SSSR count). The maximum Gasteiger partial charge on any atom is 0.338 e. The monoisotopic (exact) mass is 406 g/mol. The highest BCUT2D eigenvalue weighted by Gasteiger charge is 2.60. The molecule has 158 valence electrons. The topological polar surface area (TPSA) is 52.6 Å².